The summed E-state index contributed by atoms with van der Waals surface area (Å²) in [6.45, 7) is 7.08. The SMILES string of the molecule is CC.O=C(Nc1ccc(C(=O)c2ccc(NC(=O)c3ccc4[nH]ccc4c3)cc2)cc1)c1ccc(N2CCOCC2)cc1. The van der Waals surface area contributed by atoms with Gasteiger partial charge in [0.15, 0.2) is 5.78 Å². The third-order valence-electron chi connectivity index (χ3n) is 7.13. The smallest absolute Gasteiger partial charge is 0.255 e. The van der Waals surface area contributed by atoms with E-state index in [0.29, 0.717) is 46.8 Å². The molecule has 8 heteroatoms. The molecule has 5 aromatic rings. The summed E-state index contributed by atoms with van der Waals surface area (Å²) in [5, 5.41) is 6.72. The summed E-state index contributed by atoms with van der Waals surface area (Å²) >= 11 is 0. The van der Waals surface area contributed by atoms with E-state index in [9.17, 15) is 14.4 Å². The number of rotatable bonds is 7. The predicted octanol–water partition coefficient (Wildman–Crippen LogP) is 6.77. The van der Waals surface area contributed by atoms with Crippen molar-refractivity contribution >= 4 is 45.6 Å². The van der Waals surface area contributed by atoms with Crippen molar-refractivity contribution in [3.8, 4) is 0 Å². The van der Waals surface area contributed by atoms with Crippen LogP contribution in [0, 0.1) is 0 Å². The topological polar surface area (TPSA) is 104 Å². The van der Waals surface area contributed by atoms with Gasteiger partial charge >= 0.3 is 0 Å². The number of anilines is 3. The summed E-state index contributed by atoms with van der Waals surface area (Å²) in [7, 11) is 0. The molecule has 6 rings (SSSR count). The van der Waals surface area contributed by atoms with E-state index in [4.69, 9.17) is 4.74 Å². The molecule has 1 fully saturated rings. The molecule has 8 nitrogen and oxygen atoms in total. The number of aromatic amines is 1. The lowest BCUT2D eigenvalue weighted by molar-refractivity contribution is 0.101. The molecule has 218 valence electrons. The maximum atomic E-state index is 13.0. The number of aromatic nitrogens is 1. The van der Waals surface area contributed by atoms with Crippen LogP contribution in [0.3, 0.4) is 0 Å². The molecular formula is C35H34N4O4. The van der Waals surface area contributed by atoms with E-state index in [2.05, 4.69) is 20.5 Å². The van der Waals surface area contributed by atoms with Gasteiger partial charge in [0.25, 0.3) is 11.8 Å². The molecule has 0 unspecified atom stereocenters. The fourth-order valence-corrected chi connectivity index (χ4v) is 4.82. The average Bonchev–Trinajstić information content (AvgIpc) is 3.55. The lowest BCUT2D eigenvalue weighted by Gasteiger charge is -2.28. The number of benzene rings is 4. The second-order valence-electron chi connectivity index (χ2n) is 9.82. The van der Waals surface area contributed by atoms with Gasteiger partial charge in [0.2, 0.25) is 0 Å². The highest BCUT2D eigenvalue weighted by atomic mass is 16.5. The molecule has 2 amide bonds. The maximum Gasteiger partial charge on any atom is 0.255 e. The first-order valence-corrected chi connectivity index (χ1v) is 14.4. The zero-order chi connectivity index (χ0) is 30.2. The van der Waals surface area contributed by atoms with E-state index in [1.165, 1.54) is 0 Å². The predicted molar refractivity (Wildman–Crippen MR) is 171 cm³/mol. The van der Waals surface area contributed by atoms with Crippen LogP contribution in [0.15, 0.2) is 103 Å². The van der Waals surface area contributed by atoms with Crippen molar-refractivity contribution in [1.29, 1.82) is 0 Å². The van der Waals surface area contributed by atoms with Gasteiger partial charge in [-0.1, -0.05) is 13.8 Å². The molecule has 1 aliphatic heterocycles. The minimum absolute atomic E-state index is 0.155. The second-order valence-corrected chi connectivity index (χ2v) is 9.82. The molecule has 0 radical (unpaired) electrons. The van der Waals surface area contributed by atoms with Gasteiger partial charge in [-0.2, -0.15) is 0 Å². The average molecular weight is 575 g/mol. The molecule has 0 saturated carbocycles. The quantitative estimate of drug-likeness (QED) is 0.186. The van der Waals surface area contributed by atoms with Crippen LogP contribution in [-0.2, 0) is 4.74 Å². The lowest BCUT2D eigenvalue weighted by atomic mass is 10.0. The third-order valence-corrected chi connectivity index (χ3v) is 7.13. The highest BCUT2D eigenvalue weighted by molar-refractivity contribution is 6.10. The number of nitrogens with zero attached hydrogens (tertiary/aromatic N) is 1. The van der Waals surface area contributed by atoms with Gasteiger partial charge in [-0.3, -0.25) is 14.4 Å². The van der Waals surface area contributed by atoms with Crippen molar-refractivity contribution in [3.63, 3.8) is 0 Å². The zero-order valence-corrected chi connectivity index (χ0v) is 24.2. The Morgan fingerprint density at radius 3 is 1.74 bits per heavy atom. The molecule has 0 atom stereocenters. The minimum Gasteiger partial charge on any atom is -0.378 e. The lowest BCUT2D eigenvalue weighted by Crippen LogP contribution is -2.36. The highest BCUT2D eigenvalue weighted by Crippen LogP contribution is 2.20. The number of hydrogen-bond donors (Lipinski definition) is 3. The zero-order valence-electron chi connectivity index (χ0n) is 24.2. The van der Waals surface area contributed by atoms with Gasteiger partial charge in [-0.15, -0.1) is 0 Å². The Bertz CT molecular complexity index is 1700. The molecule has 0 aliphatic carbocycles. The number of H-pyrrole nitrogens is 1. The number of amides is 2. The Morgan fingerprint density at radius 1 is 0.651 bits per heavy atom. The van der Waals surface area contributed by atoms with Gasteiger partial charge in [-0.25, -0.2) is 0 Å². The van der Waals surface area contributed by atoms with E-state index in [-0.39, 0.29) is 17.6 Å². The summed E-state index contributed by atoms with van der Waals surface area (Å²) in [4.78, 5) is 43.8. The number of fused-ring (bicyclic) bond motifs is 1. The molecule has 1 aromatic heterocycles. The summed E-state index contributed by atoms with van der Waals surface area (Å²) < 4.78 is 5.40. The van der Waals surface area contributed by atoms with Gasteiger partial charge in [0.05, 0.1) is 13.2 Å². The number of nitrogens with one attached hydrogen (secondary N) is 3. The number of carbonyl (C=O) groups is 3. The Balaban J connectivity index is 0.00000180. The van der Waals surface area contributed by atoms with Crippen LogP contribution < -0.4 is 15.5 Å². The summed E-state index contributed by atoms with van der Waals surface area (Å²) in [6.07, 6.45) is 1.83. The van der Waals surface area contributed by atoms with Crippen LogP contribution in [-0.4, -0.2) is 48.9 Å². The number of ether oxygens (including phenoxy) is 1. The fraction of sp³-hybridized carbons (Fsp3) is 0.171. The highest BCUT2D eigenvalue weighted by Gasteiger charge is 2.14. The standard InChI is InChI=1S/C33H28N4O4.C2H6/c38-31(23-3-10-28(11-4-23)36-33(40)26-7-14-30-25(21-26)15-16-34-30)22-1-8-27(9-2-22)35-32(39)24-5-12-29(13-6-24)37-17-19-41-20-18-37;1-2/h1-16,21,34H,17-20H2,(H,35,39)(H,36,40);1-2H3. The van der Waals surface area contributed by atoms with Crippen molar-refractivity contribution in [1.82, 2.24) is 4.98 Å². The summed E-state index contributed by atoms with van der Waals surface area (Å²) in [6, 6.07) is 28.5. The van der Waals surface area contributed by atoms with E-state index in [0.717, 1.165) is 29.7 Å². The molecule has 0 bridgehead atoms. The second kappa shape index (κ2) is 13.6. The van der Waals surface area contributed by atoms with Gasteiger partial charge < -0.3 is 25.3 Å². The van der Waals surface area contributed by atoms with E-state index in [1.807, 2.05) is 62.5 Å². The molecule has 43 heavy (non-hydrogen) atoms. The van der Waals surface area contributed by atoms with Crippen LogP contribution in [0.25, 0.3) is 10.9 Å². The number of carbonyl (C=O) groups excluding carboxylic acids is 3. The van der Waals surface area contributed by atoms with E-state index in [1.54, 1.807) is 54.6 Å². The van der Waals surface area contributed by atoms with Crippen molar-refractivity contribution in [2.45, 2.75) is 13.8 Å². The molecule has 0 spiro atoms. The normalized spacial score (nSPS) is 12.7. The first-order chi connectivity index (χ1) is 21.0. The largest absolute Gasteiger partial charge is 0.378 e. The summed E-state index contributed by atoms with van der Waals surface area (Å²) in [5.41, 5.74) is 5.32. The molecule has 3 N–H and O–H groups in total. The van der Waals surface area contributed by atoms with E-state index < -0.39 is 0 Å². The number of ketones is 1. The fourth-order valence-electron chi connectivity index (χ4n) is 4.82. The molecular weight excluding hydrogens is 540 g/mol. The Morgan fingerprint density at radius 2 is 1.16 bits per heavy atom. The summed E-state index contributed by atoms with van der Waals surface area (Å²) in [5.74, 6) is -0.599. The van der Waals surface area contributed by atoms with Crippen molar-refractivity contribution < 1.29 is 19.1 Å². The van der Waals surface area contributed by atoms with Gasteiger partial charge in [-0.05, 0) is 97.1 Å². The van der Waals surface area contributed by atoms with Crippen LogP contribution in [0.5, 0.6) is 0 Å². The monoisotopic (exact) mass is 574 g/mol. The number of morpholine rings is 1. The molecule has 1 saturated heterocycles. The van der Waals surface area contributed by atoms with Crippen molar-refractivity contribution in [2.75, 3.05) is 41.8 Å². The third kappa shape index (κ3) is 6.99. The van der Waals surface area contributed by atoms with Gasteiger partial charge in [0.1, 0.15) is 0 Å². The Labute approximate surface area is 250 Å². The number of hydrogen-bond acceptors (Lipinski definition) is 5. The van der Waals surface area contributed by atoms with Crippen LogP contribution in [0.4, 0.5) is 17.1 Å². The molecule has 2 heterocycles. The van der Waals surface area contributed by atoms with Crippen LogP contribution in [0.2, 0.25) is 0 Å². The first-order valence-electron chi connectivity index (χ1n) is 14.4. The Kier molecular flexibility index (Phi) is 9.29. The molecule has 1 aliphatic rings. The minimum atomic E-state index is -0.224. The van der Waals surface area contributed by atoms with Crippen LogP contribution >= 0.6 is 0 Å². The van der Waals surface area contributed by atoms with Crippen molar-refractivity contribution in [3.05, 3.63) is 126 Å². The van der Waals surface area contributed by atoms with Crippen LogP contribution in [0.1, 0.15) is 50.5 Å². The first kappa shape index (κ1) is 29.3. The Hall–Kier alpha value is -5.21. The van der Waals surface area contributed by atoms with E-state index >= 15 is 0 Å². The molecule has 4 aromatic carbocycles. The van der Waals surface area contributed by atoms with Gasteiger partial charge in [0, 0.05) is 69.5 Å². The van der Waals surface area contributed by atoms with Crippen molar-refractivity contribution in [2.24, 2.45) is 0 Å². The maximum absolute atomic E-state index is 13.0.